The fourth-order valence-corrected chi connectivity index (χ4v) is 0.803. The lowest BCUT2D eigenvalue weighted by Gasteiger charge is -1.89. The molecule has 0 aliphatic heterocycles. The van der Waals surface area contributed by atoms with Gasteiger partial charge in [-0.05, 0) is 6.08 Å². The van der Waals surface area contributed by atoms with Crippen molar-refractivity contribution in [2.75, 3.05) is 0 Å². The minimum absolute atomic E-state index is 0. The first-order chi connectivity index (χ1) is 5.36. The van der Waals surface area contributed by atoms with Gasteiger partial charge in [0.25, 0.3) is 0 Å². The van der Waals surface area contributed by atoms with Gasteiger partial charge in [-0.2, -0.15) is 5.26 Å². The molecular formula is C9H9BrN2. The Morgan fingerprint density at radius 1 is 1.50 bits per heavy atom. The van der Waals surface area contributed by atoms with Gasteiger partial charge >= 0.3 is 0 Å². The molecule has 0 atom stereocenters. The molecule has 1 heterocycles. The minimum Gasteiger partial charge on any atom is -1.00 e. The van der Waals surface area contributed by atoms with Crippen molar-refractivity contribution in [3.8, 4) is 6.07 Å². The normalized spacial score (nSPS) is 7.92. The van der Waals surface area contributed by atoms with Gasteiger partial charge in [-0.1, -0.05) is 6.58 Å². The van der Waals surface area contributed by atoms with Crippen LogP contribution in [0.3, 0.4) is 0 Å². The van der Waals surface area contributed by atoms with Crippen LogP contribution in [0.25, 0.3) is 0 Å². The average molecular weight is 225 g/mol. The van der Waals surface area contributed by atoms with Crippen molar-refractivity contribution in [1.82, 2.24) is 0 Å². The average Bonchev–Trinajstić information content (AvgIpc) is 2.07. The number of aromatic nitrogens is 1. The first-order valence-electron chi connectivity index (χ1n) is 3.37. The van der Waals surface area contributed by atoms with Crippen molar-refractivity contribution >= 4 is 0 Å². The molecule has 0 unspecified atom stereocenters. The van der Waals surface area contributed by atoms with E-state index >= 15 is 0 Å². The summed E-state index contributed by atoms with van der Waals surface area (Å²) in [7, 11) is 0. The molecule has 0 radical (unpaired) electrons. The predicted molar refractivity (Wildman–Crippen MR) is 41.5 cm³/mol. The lowest BCUT2D eigenvalue weighted by molar-refractivity contribution is -0.687. The van der Waals surface area contributed by atoms with Crippen molar-refractivity contribution in [2.24, 2.45) is 0 Å². The molecule has 0 aromatic carbocycles. The van der Waals surface area contributed by atoms with Crippen LogP contribution in [0.4, 0.5) is 0 Å². The van der Waals surface area contributed by atoms with E-state index in [1.165, 1.54) is 0 Å². The van der Waals surface area contributed by atoms with Gasteiger partial charge in [-0.25, -0.2) is 4.57 Å². The molecule has 0 N–H and O–H groups in total. The van der Waals surface area contributed by atoms with Gasteiger partial charge < -0.3 is 17.0 Å². The third kappa shape index (κ3) is 2.85. The number of hydrogen-bond donors (Lipinski definition) is 0. The van der Waals surface area contributed by atoms with Crippen LogP contribution in [0, 0.1) is 11.3 Å². The van der Waals surface area contributed by atoms with E-state index in [-0.39, 0.29) is 17.0 Å². The van der Waals surface area contributed by atoms with E-state index < -0.39 is 0 Å². The molecule has 0 spiro atoms. The molecule has 3 heteroatoms. The summed E-state index contributed by atoms with van der Waals surface area (Å²) in [4.78, 5) is 0. The highest BCUT2D eigenvalue weighted by molar-refractivity contribution is 5.23. The summed E-state index contributed by atoms with van der Waals surface area (Å²) >= 11 is 0. The predicted octanol–water partition coefficient (Wildman–Crippen LogP) is -1.96. The topological polar surface area (TPSA) is 27.7 Å². The minimum atomic E-state index is 0. The second kappa shape index (κ2) is 5.50. The standard InChI is InChI=1S/C9H9N2.BrH/c1-2-5-11-6-3-9(8-10)4-7-11;/h2-4,6-7H,1,5H2;1H/q+1;/p-1. The summed E-state index contributed by atoms with van der Waals surface area (Å²) in [5, 5.41) is 8.48. The molecule has 1 aromatic rings. The number of pyridine rings is 1. The van der Waals surface area contributed by atoms with Crippen molar-refractivity contribution < 1.29 is 21.5 Å². The van der Waals surface area contributed by atoms with E-state index in [4.69, 9.17) is 5.26 Å². The zero-order chi connectivity index (χ0) is 8.10. The molecule has 1 rings (SSSR count). The van der Waals surface area contributed by atoms with Crippen LogP contribution >= 0.6 is 0 Å². The first-order valence-corrected chi connectivity index (χ1v) is 3.37. The van der Waals surface area contributed by atoms with E-state index in [1.54, 1.807) is 12.1 Å². The molecule has 12 heavy (non-hydrogen) atoms. The Bertz CT molecular complexity index is 284. The molecule has 62 valence electrons. The molecule has 2 nitrogen and oxygen atoms in total. The molecule has 0 amide bonds. The number of rotatable bonds is 2. The summed E-state index contributed by atoms with van der Waals surface area (Å²) in [6, 6.07) is 5.62. The highest BCUT2D eigenvalue weighted by atomic mass is 79.9. The molecule has 1 aromatic heterocycles. The van der Waals surface area contributed by atoms with Crippen LogP contribution in [-0.4, -0.2) is 0 Å². The monoisotopic (exact) mass is 224 g/mol. The Balaban J connectivity index is 0.00000121. The van der Waals surface area contributed by atoms with Crippen molar-refractivity contribution in [3.05, 3.63) is 42.7 Å². The van der Waals surface area contributed by atoms with Gasteiger partial charge in [-0.15, -0.1) is 0 Å². The van der Waals surface area contributed by atoms with Crippen molar-refractivity contribution in [2.45, 2.75) is 6.54 Å². The Morgan fingerprint density at radius 3 is 2.50 bits per heavy atom. The van der Waals surface area contributed by atoms with Gasteiger partial charge in [0.15, 0.2) is 18.9 Å². The second-order valence-electron chi connectivity index (χ2n) is 2.18. The fourth-order valence-electron chi connectivity index (χ4n) is 0.803. The quantitative estimate of drug-likeness (QED) is 0.424. The Hall–Kier alpha value is -1.14. The third-order valence-corrected chi connectivity index (χ3v) is 1.36. The molecule has 0 saturated carbocycles. The Labute approximate surface area is 82.5 Å². The van der Waals surface area contributed by atoms with Gasteiger partial charge in [-0.3, -0.25) is 0 Å². The lowest BCUT2D eigenvalue weighted by Crippen LogP contribution is -3.00. The largest absolute Gasteiger partial charge is 1.00 e. The van der Waals surface area contributed by atoms with Crippen LogP contribution in [-0.2, 0) is 6.54 Å². The van der Waals surface area contributed by atoms with Crippen molar-refractivity contribution in [1.29, 1.82) is 5.26 Å². The smallest absolute Gasteiger partial charge is 0.170 e. The van der Waals surface area contributed by atoms with Gasteiger partial charge in [0, 0.05) is 12.1 Å². The highest BCUT2D eigenvalue weighted by Crippen LogP contribution is 1.90. The summed E-state index contributed by atoms with van der Waals surface area (Å²) in [5.41, 5.74) is 0.685. The number of nitrogens with zero attached hydrogens (tertiary/aromatic N) is 2. The van der Waals surface area contributed by atoms with Gasteiger partial charge in [0.05, 0.1) is 11.6 Å². The molecule has 0 fully saturated rings. The highest BCUT2D eigenvalue weighted by Gasteiger charge is 1.95. The summed E-state index contributed by atoms with van der Waals surface area (Å²) in [6.45, 7) is 4.40. The van der Waals surface area contributed by atoms with Gasteiger partial charge in [0.1, 0.15) is 0 Å². The molecular weight excluding hydrogens is 216 g/mol. The third-order valence-electron chi connectivity index (χ3n) is 1.36. The number of halogens is 1. The summed E-state index contributed by atoms with van der Waals surface area (Å²) in [6.07, 6.45) is 5.53. The van der Waals surface area contributed by atoms with Crippen molar-refractivity contribution in [3.63, 3.8) is 0 Å². The van der Waals surface area contributed by atoms with Crippen LogP contribution in [0.1, 0.15) is 5.56 Å². The Morgan fingerprint density at radius 2 is 2.08 bits per heavy atom. The first kappa shape index (κ1) is 10.9. The van der Waals surface area contributed by atoms with E-state index in [0.717, 1.165) is 6.54 Å². The maximum Gasteiger partial charge on any atom is 0.170 e. The van der Waals surface area contributed by atoms with Crippen LogP contribution < -0.4 is 21.5 Å². The van der Waals surface area contributed by atoms with Gasteiger partial charge in [0.2, 0.25) is 0 Å². The number of hydrogen-bond acceptors (Lipinski definition) is 1. The molecule has 0 saturated heterocycles. The van der Waals surface area contributed by atoms with E-state index in [0.29, 0.717) is 5.56 Å². The second-order valence-corrected chi connectivity index (χ2v) is 2.18. The SMILES string of the molecule is C=CC[n+]1ccc(C#N)cc1.[Br-]. The maximum absolute atomic E-state index is 8.48. The summed E-state index contributed by atoms with van der Waals surface area (Å²) < 4.78 is 1.95. The lowest BCUT2D eigenvalue weighted by atomic mass is 10.3. The van der Waals surface area contributed by atoms with Crippen LogP contribution in [0.2, 0.25) is 0 Å². The molecule has 0 bridgehead atoms. The molecule has 0 aliphatic rings. The van der Waals surface area contributed by atoms with E-state index in [2.05, 4.69) is 12.6 Å². The number of nitriles is 1. The molecule has 0 aliphatic carbocycles. The number of allylic oxidation sites excluding steroid dienone is 1. The fraction of sp³-hybridized carbons (Fsp3) is 0.111. The summed E-state index contributed by atoms with van der Waals surface area (Å²) in [5.74, 6) is 0. The zero-order valence-corrected chi connectivity index (χ0v) is 8.16. The van der Waals surface area contributed by atoms with Crippen LogP contribution in [0.5, 0.6) is 0 Å². The van der Waals surface area contributed by atoms with Crippen LogP contribution in [0.15, 0.2) is 37.2 Å². The zero-order valence-electron chi connectivity index (χ0n) is 6.57. The Kier molecular flexibility index (Phi) is 4.98. The maximum atomic E-state index is 8.48. The van der Waals surface area contributed by atoms with E-state index in [9.17, 15) is 0 Å². The van der Waals surface area contributed by atoms with E-state index in [1.807, 2.05) is 23.0 Å².